The molecule has 0 bridgehead atoms. The summed E-state index contributed by atoms with van der Waals surface area (Å²) >= 11 is 0. The van der Waals surface area contributed by atoms with Crippen molar-refractivity contribution in [2.45, 2.75) is 6.10 Å². The molecule has 0 aliphatic carbocycles. The quantitative estimate of drug-likeness (QED) is 0.231. The van der Waals surface area contributed by atoms with Crippen LogP contribution in [0.25, 0.3) is 0 Å². The summed E-state index contributed by atoms with van der Waals surface area (Å²) in [7, 11) is -1.80. The minimum absolute atomic E-state index is 0.713. The number of rotatable bonds is 8. The molecule has 36 heavy (non-hydrogen) atoms. The molecule has 0 aliphatic heterocycles. The number of hydrogen-bond donors (Lipinski definition) is 1. The SMILES string of the molecule is OC(/C(=C/P(c1ccccc1)c1ccccc1)P(c1ccccc1)c1ccccc1)c1ccccc1. The van der Waals surface area contributed by atoms with Crippen molar-refractivity contribution >= 4 is 37.1 Å². The normalized spacial score (nSPS) is 12.6. The molecule has 0 radical (unpaired) electrons. The van der Waals surface area contributed by atoms with E-state index in [4.69, 9.17) is 0 Å². The highest BCUT2D eigenvalue weighted by molar-refractivity contribution is 7.80. The molecule has 1 unspecified atom stereocenters. The van der Waals surface area contributed by atoms with Crippen molar-refractivity contribution in [2.75, 3.05) is 0 Å². The molecule has 1 N–H and O–H groups in total. The summed E-state index contributed by atoms with van der Waals surface area (Å²) in [4.78, 5) is 0. The smallest absolute Gasteiger partial charge is 0.105 e. The molecule has 176 valence electrons. The van der Waals surface area contributed by atoms with Crippen molar-refractivity contribution in [2.24, 2.45) is 0 Å². The first-order valence-electron chi connectivity index (χ1n) is 12.1. The maximum Gasteiger partial charge on any atom is 0.105 e. The number of hydrogen-bond acceptors (Lipinski definition) is 1. The standard InChI is InChI=1S/C33H28OP2/c34-33(27-16-6-1-7-17-27)32(36(30-22-12-4-13-23-30)31-24-14-5-15-25-31)26-35(28-18-8-2-9-19-28)29-20-10-3-11-21-29/h1-26,33-34H/b32-26-. The first-order chi connectivity index (χ1) is 17.8. The molecule has 0 fully saturated rings. The predicted octanol–water partition coefficient (Wildman–Crippen LogP) is 6.83. The molecular formula is C33H28OP2. The summed E-state index contributed by atoms with van der Waals surface area (Å²) in [6.07, 6.45) is -0.713. The van der Waals surface area contributed by atoms with Crippen LogP contribution < -0.4 is 21.2 Å². The second-order valence-electron chi connectivity index (χ2n) is 8.41. The fourth-order valence-corrected chi connectivity index (χ4v) is 9.29. The molecule has 0 saturated heterocycles. The summed E-state index contributed by atoms with van der Waals surface area (Å²) in [5.74, 6) is 2.38. The molecule has 0 spiro atoms. The van der Waals surface area contributed by atoms with Crippen LogP contribution in [0.3, 0.4) is 0 Å². The Kier molecular flexibility index (Phi) is 8.17. The van der Waals surface area contributed by atoms with E-state index in [2.05, 4.69) is 127 Å². The number of benzene rings is 5. The monoisotopic (exact) mass is 502 g/mol. The molecule has 5 aromatic rings. The van der Waals surface area contributed by atoms with Crippen LogP contribution in [0.1, 0.15) is 11.7 Å². The van der Waals surface area contributed by atoms with Gasteiger partial charge in [0.1, 0.15) is 6.10 Å². The Bertz CT molecular complexity index is 1290. The molecule has 1 nitrogen and oxygen atoms in total. The van der Waals surface area contributed by atoms with Gasteiger partial charge in [0.15, 0.2) is 0 Å². The topological polar surface area (TPSA) is 20.2 Å². The minimum atomic E-state index is -0.963. The fraction of sp³-hybridized carbons (Fsp3) is 0.0303. The Hall–Kier alpha value is -3.34. The minimum Gasteiger partial charge on any atom is -0.384 e. The van der Waals surface area contributed by atoms with E-state index in [-0.39, 0.29) is 0 Å². The highest BCUT2D eigenvalue weighted by Gasteiger charge is 2.27. The lowest BCUT2D eigenvalue weighted by Gasteiger charge is -2.28. The summed E-state index contributed by atoms with van der Waals surface area (Å²) < 4.78 is 0. The van der Waals surface area contributed by atoms with E-state index in [0.29, 0.717) is 0 Å². The molecule has 0 aromatic heterocycles. The van der Waals surface area contributed by atoms with Gasteiger partial charge in [-0.25, -0.2) is 0 Å². The first kappa shape index (κ1) is 24.4. The lowest BCUT2D eigenvalue weighted by molar-refractivity contribution is 0.224. The summed E-state index contributed by atoms with van der Waals surface area (Å²) in [6, 6.07) is 52.7. The van der Waals surface area contributed by atoms with Crippen molar-refractivity contribution in [1.82, 2.24) is 0 Å². The molecule has 0 amide bonds. The van der Waals surface area contributed by atoms with E-state index in [0.717, 1.165) is 10.9 Å². The molecule has 0 saturated carbocycles. The lowest BCUT2D eigenvalue weighted by Crippen LogP contribution is -2.18. The average Bonchev–Trinajstić information content (AvgIpc) is 2.97. The predicted molar refractivity (Wildman–Crippen MR) is 158 cm³/mol. The van der Waals surface area contributed by atoms with Gasteiger partial charge < -0.3 is 5.11 Å². The van der Waals surface area contributed by atoms with Crippen LogP contribution in [-0.2, 0) is 0 Å². The molecule has 5 aromatic carbocycles. The van der Waals surface area contributed by atoms with Gasteiger partial charge >= 0.3 is 0 Å². The third-order valence-corrected chi connectivity index (χ3v) is 11.0. The number of aliphatic hydroxyl groups is 1. The van der Waals surface area contributed by atoms with Crippen LogP contribution in [-0.4, -0.2) is 5.11 Å². The van der Waals surface area contributed by atoms with Gasteiger partial charge in [-0.05, 0) is 53.8 Å². The van der Waals surface area contributed by atoms with Crippen LogP contribution in [0.15, 0.2) is 163 Å². The first-order valence-corrected chi connectivity index (χ1v) is 14.8. The molecule has 3 heteroatoms. The third-order valence-electron chi connectivity index (χ3n) is 6.01. The van der Waals surface area contributed by atoms with Gasteiger partial charge in [0.2, 0.25) is 0 Å². The Balaban J connectivity index is 1.75. The van der Waals surface area contributed by atoms with Crippen LogP contribution in [0, 0.1) is 0 Å². The van der Waals surface area contributed by atoms with E-state index < -0.39 is 21.9 Å². The van der Waals surface area contributed by atoms with Crippen LogP contribution in [0.4, 0.5) is 0 Å². The Morgan fingerprint density at radius 3 is 1.19 bits per heavy atom. The molecule has 5 rings (SSSR count). The van der Waals surface area contributed by atoms with E-state index in [1.165, 1.54) is 21.2 Å². The largest absolute Gasteiger partial charge is 0.384 e. The van der Waals surface area contributed by atoms with Gasteiger partial charge in [0.25, 0.3) is 0 Å². The molecular weight excluding hydrogens is 474 g/mol. The fourth-order valence-electron chi connectivity index (χ4n) is 4.27. The van der Waals surface area contributed by atoms with Crippen molar-refractivity contribution in [3.63, 3.8) is 0 Å². The van der Waals surface area contributed by atoms with Gasteiger partial charge in [-0.1, -0.05) is 152 Å². The van der Waals surface area contributed by atoms with Crippen molar-refractivity contribution < 1.29 is 5.11 Å². The Labute approximate surface area is 216 Å². The van der Waals surface area contributed by atoms with E-state index in [1.54, 1.807) is 0 Å². The van der Waals surface area contributed by atoms with Crippen molar-refractivity contribution in [3.05, 3.63) is 168 Å². The Morgan fingerprint density at radius 2 is 0.806 bits per heavy atom. The zero-order chi connectivity index (χ0) is 24.6. The summed E-state index contributed by atoms with van der Waals surface area (Å²) in [6.45, 7) is 0. The number of aliphatic hydroxyl groups excluding tert-OH is 1. The van der Waals surface area contributed by atoms with E-state index in [1.807, 2.05) is 30.3 Å². The highest BCUT2D eigenvalue weighted by Crippen LogP contribution is 2.53. The second kappa shape index (κ2) is 12.1. The van der Waals surface area contributed by atoms with Gasteiger partial charge in [0, 0.05) is 0 Å². The van der Waals surface area contributed by atoms with Crippen LogP contribution in [0.2, 0.25) is 0 Å². The Morgan fingerprint density at radius 1 is 0.472 bits per heavy atom. The summed E-state index contributed by atoms with van der Waals surface area (Å²) in [5, 5.41) is 18.0. The van der Waals surface area contributed by atoms with E-state index >= 15 is 0 Å². The highest BCUT2D eigenvalue weighted by atomic mass is 31.1. The lowest BCUT2D eigenvalue weighted by atomic mass is 10.1. The molecule has 0 aliphatic rings. The zero-order valence-electron chi connectivity index (χ0n) is 19.9. The van der Waals surface area contributed by atoms with Crippen LogP contribution in [0.5, 0.6) is 0 Å². The maximum atomic E-state index is 12.0. The van der Waals surface area contributed by atoms with Crippen molar-refractivity contribution in [3.8, 4) is 0 Å². The van der Waals surface area contributed by atoms with Crippen LogP contribution >= 0.6 is 15.8 Å². The third kappa shape index (κ3) is 5.72. The maximum absolute atomic E-state index is 12.0. The van der Waals surface area contributed by atoms with Gasteiger partial charge in [-0.15, -0.1) is 0 Å². The average molecular weight is 503 g/mol. The van der Waals surface area contributed by atoms with Gasteiger partial charge in [0.05, 0.1) is 0 Å². The van der Waals surface area contributed by atoms with Crippen molar-refractivity contribution in [1.29, 1.82) is 0 Å². The van der Waals surface area contributed by atoms with E-state index in [9.17, 15) is 5.11 Å². The van der Waals surface area contributed by atoms with Gasteiger partial charge in [-0.2, -0.15) is 0 Å². The van der Waals surface area contributed by atoms with Gasteiger partial charge in [-0.3, -0.25) is 0 Å². The molecule has 0 heterocycles. The second-order valence-corrected chi connectivity index (χ2v) is 12.7. The zero-order valence-corrected chi connectivity index (χ0v) is 21.7. The summed E-state index contributed by atoms with van der Waals surface area (Å²) in [5.41, 5.74) is 0.916. The molecule has 1 atom stereocenters.